The number of carbonyl (C=O) groups excluding carboxylic acids is 4. The highest BCUT2D eigenvalue weighted by Gasteiger charge is 2.75. The molecule has 4 heterocycles. The van der Waals surface area contributed by atoms with E-state index in [0.717, 1.165) is 307 Å². The number of nitrogens with two attached hydrogens (primary N) is 4. The summed E-state index contributed by atoms with van der Waals surface area (Å²) in [6, 6.07) is 76.2. The Labute approximate surface area is 880 Å². The number of para-hydroxylation sites is 4. The van der Waals surface area contributed by atoms with E-state index >= 15 is 14.4 Å². The average molecular weight is 2040 g/mol. The van der Waals surface area contributed by atoms with Crippen molar-refractivity contribution in [3.8, 4) is 22.7 Å². The van der Waals surface area contributed by atoms with Gasteiger partial charge in [0.2, 0.25) is 85.3 Å². The number of hydrogen-bond acceptors (Lipinski definition) is 16. The second-order valence-electron chi connectivity index (χ2n) is 41.0. The number of aromatic nitrogens is 8. The summed E-state index contributed by atoms with van der Waals surface area (Å²) < 4.78 is 8.94. The molecule has 4 aliphatic carbocycles. The number of nitrogens with one attached hydrogen (secondary N) is 7. The first-order valence-corrected chi connectivity index (χ1v) is 51.3. The van der Waals surface area contributed by atoms with E-state index in [-0.39, 0.29) is 86.6 Å². The maximum Gasteiger partial charge on any atom is 0.239 e. The van der Waals surface area contributed by atoms with Crippen molar-refractivity contribution in [1.29, 1.82) is 0 Å². The lowest BCUT2D eigenvalue weighted by molar-refractivity contribution is -0.538. The third kappa shape index (κ3) is 22.0. The SMILES string of the molecule is Cc1cc2nc3cc(C)c(NCCCCCCN(C=O)C45CC6(C(=O)NCCCCCCNc7cc8c(cc7C)nc7cc(C)c(N)cc7[n+]8-c7ccccc7)CC(C(=O)NCCCCCCNc7cc8c(cc7C)nc7cc(C)c(N)cc7[n+]8-c7ccccc7)(CC(C(=O)NCCCCCCNc7cc8c(cc7C)nc7cc(C)c(N)cc7[n+]8-c7ccccc7)(C6)C4)C5)cc3[n+](-c3[c-]cccc3)c2cc1N.Cl.[Cl-].[Cl-].[Cl-]. The number of halogens is 4. The number of amides is 4. The van der Waals surface area contributed by atoms with Crippen LogP contribution in [0.4, 0.5) is 45.5 Å². The molecular weight excluding hydrogens is 1900 g/mol. The van der Waals surface area contributed by atoms with Crippen LogP contribution in [0.3, 0.4) is 0 Å². The molecule has 4 aromatic heterocycles. The van der Waals surface area contributed by atoms with E-state index in [0.29, 0.717) is 74.6 Å². The zero-order chi connectivity index (χ0) is 98.6. The van der Waals surface area contributed by atoms with Crippen LogP contribution in [-0.2, 0) is 19.2 Å². The molecule has 760 valence electrons. The van der Waals surface area contributed by atoms with Crippen molar-refractivity contribution < 1.29 is 74.7 Å². The second kappa shape index (κ2) is 46.0. The molecule has 0 saturated heterocycles. The smallest absolute Gasteiger partial charge is 0.239 e. The van der Waals surface area contributed by atoms with E-state index in [1.807, 2.05) is 93.3 Å². The maximum absolute atomic E-state index is 16.1. The van der Waals surface area contributed by atoms with Crippen LogP contribution in [0.15, 0.2) is 212 Å². The monoisotopic (exact) mass is 2040 g/mol. The van der Waals surface area contributed by atoms with E-state index in [2.05, 4.69) is 241 Å². The third-order valence-corrected chi connectivity index (χ3v) is 30.6. The summed E-state index contributed by atoms with van der Waals surface area (Å²) in [4.78, 5) is 85.2. The number of carbonyl (C=O) groups is 4. The van der Waals surface area contributed by atoms with Gasteiger partial charge < -0.3 is 102 Å². The third-order valence-electron chi connectivity index (χ3n) is 30.6. The van der Waals surface area contributed by atoms with Crippen molar-refractivity contribution in [3.05, 3.63) is 263 Å². The van der Waals surface area contributed by atoms with Gasteiger partial charge in [0.25, 0.3) is 0 Å². The van der Waals surface area contributed by atoms with E-state index in [9.17, 15) is 4.79 Å². The lowest BCUT2D eigenvalue weighted by atomic mass is 9.36. The Kier molecular flexibility index (Phi) is 33.7. The fourth-order valence-corrected chi connectivity index (χ4v) is 23.5. The Morgan fingerprint density at radius 2 is 0.562 bits per heavy atom. The summed E-state index contributed by atoms with van der Waals surface area (Å²) in [5.41, 5.74) is 55.7. The standard InChI is InChI=1S/C118H131N20O4.4ClH/c1-76-53-96-104(61-88(76)119)135(84-37-21-17-22-38-84)108-65-92(80(5)57-100(108)130-96)123-45-29-9-12-33-49-127-112(140)115-69-116(113(141)128-50-34-13-10-30-46-124-93-66-109-101(58-81(93)6)131-97-54-77(2)89(120)62-105(97)136(109)85-39-23-18-24-40-85)71-117(70-115,114(142)129-51-35-14-11-31-47-125-94-67-110-102(59-82(94)7)132-98-55-78(3)90(121)63-106(98)137(110)86-41-25-19-26-42-86)74-118(72-115,73-116)134(75-139)52-36-16-15-32-48-126-95-68-111-103(60-83(95)8)133-99-56-79(4)91(122)64-107(99)138(111)87-43-27-20-28-44-87;;;;/h17-28,37-43,53-68,75H,9-16,29-36,45-52,69-74H2,1-8H3,(H11,119,120,121,122,123,124,125,126,127,128,129,140,141,142);4*1H/q-1;;;;/p+1. The van der Waals surface area contributed by atoms with Gasteiger partial charge in [-0.2, -0.15) is 22.8 Å². The molecule has 0 unspecified atom stereocenters. The summed E-state index contributed by atoms with van der Waals surface area (Å²) >= 11 is 0. The average Bonchev–Trinajstić information content (AvgIpc) is 0.666. The first-order chi connectivity index (χ1) is 68.9. The largest absolute Gasteiger partial charge is 1.00 e. The first-order valence-electron chi connectivity index (χ1n) is 51.3. The highest BCUT2D eigenvalue weighted by Crippen LogP contribution is 2.72. The first kappa shape index (κ1) is 107. The summed E-state index contributed by atoms with van der Waals surface area (Å²) in [5, 5.41) is 25.5. The molecule has 0 aliphatic heterocycles. The van der Waals surface area contributed by atoms with Gasteiger partial charge in [-0.05, 0) is 238 Å². The molecule has 0 spiro atoms. The normalized spacial score (nSPS) is 16.5. The predicted octanol–water partition coefficient (Wildman–Crippen LogP) is 11.5. The minimum atomic E-state index is -1.13. The lowest BCUT2D eigenvalue weighted by Gasteiger charge is -2.70. The highest BCUT2D eigenvalue weighted by atomic mass is 35.5. The van der Waals surface area contributed by atoms with Crippen LogP contribution in [0.1, 0.15) is 186 Å². The van der Waals surface area contributed by atoms with Crippen LogP contribution >= 0.6 is 12.4 Å². The zero-order valence-corrected chi connectivity index (χ0v) is 88.1. The molecule has 4 aliphatic rings. The van der Waals surface area contributed by atoms with Crippen molar-refractivity contribution in [2.75, 3.05) is 96.6 Å². The number of rotatable bonds is 41. The van der Waals surface area contributed by atoms with Crippen LogP contribution < -0.4 is 116 Å². The highest BCUT2D eigenvalue weighted by molar-refractivity contribution is 5.96. The molecule has 4 bridgehead atoms. The predicted molar refractivity (Wildman–Crippen MR) is 582 cm³/mol. The Balaban J connectivity index is 0.00000400. The van der Waals surface area contributed by atoms with Crippen LogP contribution in [0.5, 0.6) is 0 Å². The van der Waals surface area contributed by atoms with Crippen molar-refractivity contribution >= 4 is 170 Å². The molecule has 28 heteroatoms. The maximum atomic E-state index is 16.1. The van der Waals surface area contributed by atoms with Gasteiger partial charge in [-0.1, -0.05) is 112 Å². The number of nitrogens with zero attached hydrogens (tertiary/aromatic N) is 9. The molecule has 0 radical (unpaired) electrons. The van der Waals surface area contributed by atoms with E-state index in [1.165, 1.54) is 0 Å². The lowest BCUT2D eigenvalue weighted by Crippen LogP contribution is -3.00. The quantitative estimate of drug-likeness (QED) is 0.00424. The van der Waals surface area contributed by atoms with Crippen molar-refractivity contribution in [1.82, 2.24) is 40.8 Å². The number of hydrogen-bond donors (Lipinski definition) is 11. The molecule has 16 aromatic rings. The Morgan fingerprint density at radius 1 is 0.315 bits per heavy atom. The van der Waals surface area contributed by atoms with Crippen molar-refractivity contribution in [2.24, 2.45) is 16.2 Å². The molecule has 4 saturated carbocycles. The van der Waals surface area contributed by atoms with Gasteiger partial charge in [-0.15, -0.1) is 32.2 Å². The molecule has 0 atom stereocenters. The van der Waals surface area contributed by atoms with Gasteiger partial charge >= 0.3 is 0 Å². The Bertz CT molecular complexity index is 6990. The fraction of sp³-hybridized carbons (Fsp3) is 0.356. The van der Waals surface area contributed by atoms with Gasteiger partial charge in [0.05, 0.1) is 16.2 Å². The van der Waals surface area contributed by atoms with Crippen molar-refractivity contribution in [3.63, 3.8) is 0 Å². The topological polar surface area (TPSA) is 327 Å². The second-order valence-corrected chi connectivity index (χ2v) is 41.0. The van der Waals surface area contributed by atoms with Gasteiger partial charge in [0.1, 0.15) is 49.8 Å². The molecular formula is C118H136Cl4N20O4. The summed E-state index contributed by atoms with van der Waals surface area (Å²) in [7, 11) is 0. The summed E-state index contributed by atoms with van der Waals surface area (Å²) in [6.45, 7) is 21.2. The number of aryl methyl sites for hydroxylation is 8. The minimum Gasteiger partial charge on any atom is -1.00 e. The Morgan fingerprint density at radius 3 is 0.836 bits per heavy atom. The minimum absolute atomic E-state index is 0. The molecule has 24 nitrogen and oxygen atoms in total. The number of anilines is 8. The molecule has 20 rings (SSSR count). The van der Waals surface area contributed by atoms with Crippen LogP contribution in [0, 0.1) is 77.7 Å². The summed E-state index contributed by atoms with van der Waals surface area (Å²) in [5.74, 6) is -0.401. The number of benzene rings is 12. The van der Waals surface area contributed by atoms with Crippen LogP contribution in [0.25, 0.3) is 111 Å². The fourth-order valence-electron chi connectivity index (χ4n) is 23.5. The van der Waals surface area contributed by atoms with Gasteiger partial charge in [0, 0.05) is 188 Å². The van der Waals surface area contributed by atoms with Crippen LogP contribution in [-0.4, -0.2) is 107 Å². The number of nitrogen functional groups attached to an aromatic ring is 4. The summed E-state index contributed by atoms with van der Waals surface area (Å²) in [6.07, 6.45) is 16.6. The molecule has 4 amide bonds. The molecule has 146 heavy (non-hydrogen) atoms. The number of unbranched alkanes of at least 4 members (excludes halogenated alkanes) is 12. The van der Waals surface area contributed by atoms with Crippen molar-refractivity contribution in [2.45, 2.75) is 202 Å². The zero-order valence-electron chi connectivity index (χ0n) is 85.0. The van der Waals surface area contributed by atoms with Crippen LogP contribution in [0.2, 0.25) is 0 Å². The Hall–Kier alpha value is -13.5. The number of fused-ring (bicyclic) bond motifs is 8. The molecule has 15 N–H and O–H groups in total. The van der Waals surface area contributed by atoms with Gasteiger partial charge in [-0.25, -0.2) is 19.9 Å². The van der Waals surface area contributed by atoms with Gasteiger partial charge in [0.15, 0.2) is 0 Å². The van der Waals surface area contributed by atoms with E-state index < -0.39 is 21.8 Å². The van der Waals surface area contributed by atoms with E-state index in [1.54, 1.807) is 0 Å². The van der Waals surface area contributed by atoms with Gasteiger partial charge in [-0.3, -0.25) is 19.2 Å². The molecule has 12 aromatic carbocycles. The van der Waals surface area contributed by atoms with E-state index in [4.69, 9.17) is 42.9 Å². The molecule has 4 fully saturated rings.